The minimum atomic E-state index is -3.45. The van der Waals surface area contributed by atoms with E-state index in [9.17, 15) is 8.42 Å². The molecule has 0 aliphatic carbocycles. The lowest BCUT2D eigenvalue weighted by atomic mass is 10.1. The highest BCUT2D eigenvalue weighted by Crippen LogP contribution is 2.14. The highest BCUT2D eigenvalue weighted by Gasteiger charge is 2.04. The number of pyridine rings is 1. The average molecular weight is 461 g/mol. The van der Waals surface area contributed by atoms with Gasteiger partial charge in [0.2, 0.25) is 0 Å². The van der Waals surface area contributed by atoms with Gasteiger partial charge >= 0.3 is 0 Å². The Bertz CT molecular complexity index is 985. The predicted octanol–water partition coefficient (Wildman–Crippen LogP) is 3.94. The minimum absolute atomic E-state index is 0.0282. The average Bonchev–Trinajstić information content (AvgIpc) is 2.76. The first kappa shape index (κ1) is 25.4. The Kier molecular flexibility index (Phi) is 10.2. The molecule has 174 valence electrons. The van der Waals surface area contributed by atoms with Gasteiger partial charge in [-0.25, -0.2) is 0 Å². The predicted molar refractivity (Wildman–Crippen MR) is 126 cm³/mol. The van der Waals surface area contributed by atoms with Gasteiger partial charge < -0.3 is 14.4 Å². The number of aromatic nitrogens is 1. The van der Waals surface area contributed by atoms with Crippen molar-refractivity contribution >= 4 is 10.1 Å². The van der Waals surface area contributed by atoms with Gasteiger partial charge in [0, 0.05) is 25.5 Å². The van der Waals surface area contributed by atoms with E-state index < -0.39 is 10.1 Å². The van der Waals surface area contributed by atoms with Crippen LogP contribution in [0.15, 0.2) is 72.3 Å². The first-order valence-corrected chi connectivity index (χ1v) is 12.2. The highest BCUT2D eigenvalue weighted by molar-refractivity contribution is 7.85. The topological polar surface area (TPSA) is 78.0 Å². The molecule has 8 heteroatoms. The van der Waals surface area contributed by atoms with Gasteiger partial charge in [0.25, 0.3) is 10.1 Å². The lowest BCUT2D eigenvalue weighted by Gasteiger charge is -2.17. The van der Waals surface area contributed by atoms with E-state index in [1.165, 1.54) is 0 Å². The van der Waals surface area contributed by atoms with Crippen LogP contribution in [0.1, 0.15) is 24.6 Å². The van der Waals surface area contributed by atoms with Crippen LogP contribution in [0.2, 0.25) is 0 Å². The summed E-state index contributed by atoms with van der Waals surface area (Å²) in [5.74, 6) is 1.43. The Balaban J connectivity index is 1.83. The maximum Gasteiger partial charge on any atom is 0.264 e. The Morgan fingerprint density at radius 3 is 2.44 bits per heavy atom. The maximum absolute atomic E-state index is 10.9. The monoisotopic (exact) mass is 460 g/mol. The molecule has 0 saturated carbocycles. The quantitative estimate of drug-likeness (QED) is 0.194. The summed E-state index contributed by atoms with van der Waals surface area (Å²) in [7, 11) is 0.582. The van der Waals surface area contributed by atoms with Gasteiger partial charge in [-0.1, -0.05) is 30.3 Å². The summed E-state index contributed by atoms with van der Waals surface area (Å²) in [6, 6.07) is 13.8. The molecule has 0 saturated heterocycles. The molecule has 0 unspecified atom stereocenters. The van der Waals surface area contributed by atoms with E-state index in [0.29, 0.717) is 12.4 Å². The second-order valence-corrected chi connectivity index (χ2v) is 9.11. The molecule has 1 heterocycles. The molecule has 0 aliphatic rings. The van der Waals surface area contributed by atoms with Gasteiger partial charge in [-0.15, -0.1) is 0 Å². The largest absolute Gasteiger partial charge is 0.494 e. The third kappa shape index (κ3) is 10.5. The molecule has 0 amide bonds. The van der Waals surface area contributed by atoms with Crippen LogP contribution in [0.25, 0.3) is 0 Å². The van der Waals surface area contributed by atoms with Crippen LogP contribution in [0.4, 0.5) is 0 Å². The van der Waals surface area contributed by atoms with Crippen LogP contribution in [0, 0.1) is 0 Å². The van der Waals surface area contributed by atoms with E-state index in [0.717, 1.165) is 41.8 Å². The van der Waals surface area contributed by atoms with Crippen LogP contribution in [0.5, 0.6) is 5.75 Å². The first-order valence-electron chi connectivity index (χ1n) is 10.4. The van der Waals surface area contributed by atoms with Gasteiger partial charge in [-0.2, -0.15) is 8.42 Å². The number of ether oxygens (including phenoxy) is 2. The molecule has 0 bridgehead atoms. The van der Waals surface area contributed by atoms with Gasteiger partial charge in [0.05, 0.1) is 18.2 Å². The van der Waals surface area contributed by atoms with Crippen molar-refractivity contribution < 1.29 is 22.1 Å². The molecular formula is C24H32N2O5S. The molecule has 0 spiro atoms. The molecule has 2 rings (SSSR count). The second kappa shape index (κ2) is 12.9. The summed E-state index contributed by atoms with van der Waals surface area (Å²) in [4.78, 5) is 6.51. The molecule has 1 aromatic heterocycles. The van der Waals surface area contributed by atoms with E-state index in [1.807, 2.05) is 69.6 Å². The number of allylic oxidation sites excluding steroid dienone is 4. The number of aryl methyl sites for hydroxylation is 1. The Labute approximate surface area is 191 Å². The van der Waals surface area contributed by atoms with Crippen LogP contribution < -0.4 is 4.74 Å². The molecule has 0 fully saturated rings. The molecule has 0 N–H and O–H groups in total. The summed E-state index contributed by atoms with van der Waals surface area (Å²) in [5.41, 5.74) is 3.24. The van der Waals surface area contributed by atoms with Crippen molar-refractivity contribution in [1.82, 2.24) is 9.88 Å². The summed E-state index contributed by atoms with van der Waals surface area (Å²) in [6.07, 6.45) is 8.30. The van der Waals surface area contributed by atoms with Crippen molar-refractivity contribution in [2.24, 2.45) is 0 Å². The molecule has 0 radical (unpaired) electrons. The third-order valence-corrected chi connectivity index (χ3v) is 5.07. The van der Waals surface area contributed by atoms with Crippen LogP contribution >= 0.6 is 0 Å². The molecule has 1 aromatic carbocycles. The Morgan fingerprint density at radius 2 is 1.81 bits per heavy atom. The number of rotatable bonds is 13. The fourth-order valence-electron chi connectivity index (χ4n) is 2.73. The van der Waals surface area contributed by atoms with E-state index >= 15 is 0 Å². The van der Waals surface area contributed by atoms with Gasteiger partial charge in [0.15, 0.2) is 0 Å². The number of hydrogen-bond acceptors (Lipinski definition) is 7. The molecule has 0 aliphatic heterocycles. The molecular weight excluding hydrogens is 428 g/mol. The van der Waals surface area contributed by atoms with Crippen LogP contribution in [0.3, 0.4) is 0 Å². The van der Waals surface area contributed by atoms with Crippen molar-refractivity contribution in [3.05, 3.63) is 83.5 Å². The third-order valence-electron chi connectivity index (χ3n) is 4.48. The van der Waals surface area contributed by atoms with Crippen molar-refractivity contribution in [2.75, 3.05) is 33.6 Å². The molecule has 7 nitrogen and oxygen atoms in total. The van der Waals surface area contributed by atoms with Crippen LogP contribution in [-0.2, 0) is 32.1 Å². The molecule has 32 heavy (non-hydrogen) atoms. The van der Waals surface area contributed by atoms with Gasteiger partial charge in [-0.05, 0) is 49.6 Å². The lowest BCUT2D eigenvalue weighted by molar-refractivity contribution is 0.201. The van der Waals surface area contributed by atoms with E-state index in [1.54, 1.807) is 6.20 Å². The first-order chi connectivity index (χ1) is 15.2. The smallest absolute Gasteiger partial charge is 0.264 e. The highest BCUT2D eigenvalue weighted by atomic mass is 32.2. The van der Waals surface area contributed by atoms with Crippen molar-refractivity contribution in [3.63, 3.8) is 0 Å². The second-order valence-electron chi connectivity index (χ2n) is 7.46. The zero-order valence-corrected chi connectivity index (χ0v) is 20.0. The fraction of sp³-hybridized carbons (Fsp3) is 0.375. The number of benzene rings is 1. The normalized spacial score (nSPS) is 12.5. The molecule has 0 atom stereocenters. The maximum atomic E-state index is 10.9. The number of nitrogens with zero attached hydrogens (tertiary/aromatic N) is 2. The Hall–Kier alpha value is -2.84. The zero-order valence-electron chi connectivity index (χ0n) is 19.2. The van der Waals surface area contributed by atoms with E-state index in [-0.39, 0.29) is 13.2 Å². The minimum Gasteiger partial charge on any atom is -0.494 e. The van der Waals surface area contributed by atoms with Gasteiger partial charge in [0.1, 0.15) is 25.6 Å². The van der Waals surface area contributed by atoms with Crippen molar-refractivity contribution in [1.29, 1.82) is 0 Å². The summed E-state index contributed by atoms with van der Waals surface area (Å²) in [6.45, 7) is 2.61. The molecule has 2 aromatic rings. The van der Waals surface area contributed by atoms with E-state index in [4.69, 9.17) is 9.47 Å². The number of hydrogen-bond donors (Lipinski definition) is 0. The van der Waals surface area contributed by atoms with E-state index in [2.05, 4.69) is 20.1 Å². The van der Waals surface area contributed by atoms with Crippen LogP contribution in [-0.4, -0.2) is 51.9 Å². The standard InChI is InChI=1S/C24H32N2O5S/c1-20(30-19-21-8-6-5-7-9-21)10-13-23(26(2)3)14-11-22-12-15-24(18-25-22)29-16-17-31-32(4,27)28/h5-10,12-13,15,18H,11,14,16-17,19H2,1-4H3/b20-10+,23-13-. The fourth-order valence-corrected chi connectivity index (χ4v) is 3.11. The van der Waals surface area contributed by atoms with Gasteiger partial charge in [-0.3, -0.25) is 9.17 Å². The Morgan fingerprint density at radius 1 is 1.06 bits per heavy atom. The SMILES string of the molecule is C/C(=C\C=C(\CCc1ccc(OCCOS(C)(=O)=O)cn1)N(C)C)OCc1ccccc1. The van der Waals surface area contributed by atoms with Crippen molar-refractivity contribution in [2.45, 2.75) is 26.4 Å². The van der Waals surface area contributed by atoms with Crippen molar-refractivity contribution in [3.8, 4) is 5.75 Å². The summed E-state index contributed by atoms with van der Waals surface area (Å²) >= 11 is 0. The summed E-state index contributed by atoms with van der Waals surface area (Å²) in [5, 5.41) is 0. The zero-order chi connectivity index (χ0) is 23.4. The lowest BCUT2D eigenvalue weighted by Crippen LogP contribution is -2.12. The summed E-state index contributed by atoms with van der Waals surface area (Å²) < 4.78 is 37.8.